The normalized spacial score (nSPS) is 14.7. The Morgan fingerprint density at radius 1 is 1.26 bits per heavy atom. The molecular weight excluding hydrogens is 366 g/mol. The van der Waals surface area contributed by atoms with E-state index in [1.807, 2.05) is 24.3 Å². The van der Waals surface area contributed by atoms with Crippen LogP contribution < -0.4 is 10.3 Å². The van der Waals surface area contributed by atoms with Crippen molar-refractivity contribution in [1.29, 1.82) is 0 Å². The molecule has 0 radical (unpaired) electrons. The Labute approximate surface area is 159 Å². The molecule has 146 valence electrons. The van der Waals surface area contributed by atoms with Gasteiger partial charge in [0.1, 0.15) is 5.75 Å². The number of aromatic nitrogens is 2. The van der Waals surface area contributed by atoms with Crippen molar-refractivity contribution in [3.8, 4) is 5.75 Å². The van der Waals surface area contributed by atoms with E-state index in [1.165, 1.54) is 0 Å². The number of hydrogen-bond donors (Lipinski definition) is 1. The van der Waals surface area contributed by atoms with Crippen LogP contribution >= 0.6 is 0 Å². The highest BCUT2D eigenvalue weighted by atomic mass is 32.2. The summed E-state index contributed by atoms with van der Waals surface area (Å²) in [4.78, 5) is 21.0. The standard InChI is InChI=1S/C19H25N3O4S/c1-3-4-11-26-15-7-5-14(6-8-15)12-22-10-9-17-16(13-22)18(23)21-19(20-17)27(2,24)25/h5-8H,3-4,9-13H2,1-2H3,(H,20,21,23). The number of nitrogens with one attached hydrogen (secondary N) is 1. The number of unbranched alkanes of at least 4 members (excludes halogenated alkanes) is 1. The molecule has 7 nitrogen and oxygen atoms in total. The molecule has 3 rings (SSSR count). The number of benzene rings is 1. The molecule has 2 heterocycles. The van der Waals surface area contributed by atoms with Crippen LogP contribution in [0.5, 0.6) is 5.75 Å². The molecule has 2 aromatic rings. The predicted octanol–water partition coefficient (Wildman–Crippen LogP) is 1.91. The maximum absolute atomic E-state index is 12.3. The minimum Gasteiger partial charge on any atom is -0.494 e. The monoisotopic (exact) mass is 391 g/mol. The van der Waals surface area contributed by atoms with Crippen LogP contribution in [0, 0.1) is 0 Å². The Morgan fingerprint density at radius 3 is 2.67 bits per heavy atom. The molecule has 0 saturated heterocycles. The van der Waals surface area contributed by atoms with Crippen molar-refractivity contribution in [1.82, 2.24) is 14.9 Å². The summed E-state index contributed by atoms with van der Waals surface area (Å²) in [6.07, 6.45) is 3.75. The van der Waals surface area contributed by atoms with E-state index in [2.05, 4.69) is 21.8 Å². The van der Waals surface area contributed by atoms with Gasteiger partial charge in [-0.1, -0.05) is 25.5 Å². The fourth-order valence-corrected chi connectivity index (χ4v) is 3.61. The number of rotatable bonds is 7. The van der Waals surface area contributed by atoms with Gasteiger partial charge in [0.25, 0.3) is 5.56 Å². The number of fused-ring (bicyclic) bond motifs is 1. The third kappa shape index (κ3) is 4.95. The highest BCUT2D eigenvalue weighted by Gasteiger charge is 2.23. The molecule has 1 aromatic carbocycles. The summed E-state index contributed by atoms with van der Waals surface area (Å²) in [6.45, 7) is 4.75. The molecule has 1 aromatic heterocycles. The van der Waals surface area contributed by atoms with Gasteiger partial charge in [0.2, 0.25) is 15.0 Å². The van der Waals surface area contributed by atoms with Gasteiger partial charge >= 0.3 is 0 Å². The molecule has 0 saturated carbocycles. The summed E-state index contributed by atoms with van der Waals surface area (Å²) in [5, 5.41) is -0.252. The van der Waals surface area contributed by atoms with Gasteiger partial charge in [-0.25, -0.2) is 13.4 Å². The lowest BCUT2D eigenvalue weighted by atomic mass is 10.1. The highest BCUT2D eigenvalue weighted by Crippen LogP contribution is 2.19. The first kappa shape index (κ1) is 19.6. The molecule has 1 N–H and O–H groups in total. The van der Waals surface area contributed by atoms with E-state index in [-0.39, 0.29) is 10.7 Å². The molecule has 0 aliphatic carbocycles. The molecule has 0 atom stereocenters. The van der Waals surface area contributed by atoms with Crippen LogP contribution in [0.2, 0.25) is 0 Å². The summed E-state index contributed by atoms with van der Waals surface area (Å²) in [6, 6.07) is 8.00. The van der Waals surface area contributed by atoms with Crippen molar-refractivity contribution in [2.45, 2.75) is 44.4 Å². The van der Waals surface area contributed by atoms with Gasteiger partial charge in [-0.15, -0.1) is 0 Å². The minimum absolute atomic E-state index is 0.252. The maximum atomic E-state index is 12.3. The van der Waals surface area contributed by atoms with Gasteiger partial charge in [0.05, 0.1) is 17.9 Å². The molecule has 8 heteroatoms. The van der Waals surface area contributed by atoms with E-state index in [0.717, 1.165) is 43.6 Å². The van der Waals surface area contributed by atoms with Crippen molar-refractivity contribution >= 4 is 9.84 Å². The predicted molar refractivity (Wildman–Crippen MR) is 103 cm³/mol. The Kier molecular flexibility index (Phi) is 5.96. The Morgan fingerprint density at radius 2 is 2.00 bits per heavy atom. The Bertz CT molecular complexity index is 952. The van der Waals surface area contributed by atoms with Crippen molar-refractivity contribution < 1.29 is 13.2 Å². The number of aromatic amines is 1. The van der Waals surface area contributed by atoms with Gasteiger partial charge in [-0.2, -0.15) is 0 Å². The van der Waals surface area contributed by atoms with Crippen LogP contribution in [0.4, 0.5) is 0 Å². The Balaban J connectivity index is 1.67. The van der Waals surface area contributed by atoms with Crippen LogP contribution in [0.1, 0.15) is 36.6 Å². The molecule has 0 unspecified atom stereocenters. The van der Waals surface area contributed by atoms with E-state index < -0.39 is 9.84 Å². The van der Waals surface area contributed by atoms with Crippen LogP contribution in [-0.2, 0) is 29.3 Å². The van der Waals surface area contributed by atoms with Crippen LogP contribution in [0.3, 0.4) is 0 Å². The zero-order valence-electron chi connectivity index (χ0n) is 15.7. The summed E-state index contributed by atoms with van der Waals surface area (Å²) >= 11 is 0. The summed E-state index contributed by atoms with van der Waals surface area (Å²) in [5.74, 6) is 0.866. The number of nitrogens with zero attached hydrogens (tertiary/aromatic N) is 2. The molecule has 0 amide bonds. The lowest BCUT2D eigenvalue weighted by Crippen LogP contribution is -2.36. The summed E-state index contributed by atoms with van der Waals surface area (Å²) in [7, 11) is -3.53. The molecule has 1 aliphatic heterocycles. The fraction of sp³-hybridized carbons (Fsp3) is 0.474. The lowest BCUT2D eigenvalue weighted by Gasteiger charge is -2.27. The smallest absolute Gasteiger partial charge is 0.256 e. The second-order valence-electron chi connectivity index (χ2n) is 6.88. The average Bonchev–Trinajstić information content (AvgIpc) is 2.63. The third-order valence-electron chi connectivity index (χ3n) is 4.57. The molecule has 27 heavy (non-hydrogen) atoms. The maximum Gasteiger partial charge on any atom is 0.256 e. The molecule has 0 fully saturated rings. The number of H-pyrrole nitrogens is 1. The summed E-state index contributed by atoms with van der Waals surface area (Å²) in [5.41, 5.74) is 1.89. The molecule has 1 aliphatic rings. The summed E-state index contributed by atoms with van der Waals surface area (Å²) < 4.78 is 28.9. The topological polar surface area (TPSA) is 92.4 Å². The van der Waals surface area contributed by atoms with Crippen LogP contribution in [0.15, 0.2) is 34.2 Å². The number of hydrogen-bond acceptors (Lipinski definition) is 6. The minimum atomic E-state index is -3.53. The molecular formula is C19H25N3O4S. The number of sulfone groups is 1. The lowest BCUT2D eigenvalue weighted by molar-refractivity contribution is 0.240. The van der Waals surface area contributed by atoms with Gasteiger partial charge in [-0.3, -0.25) is 14.7 Å². The number of ether oxygens (including phenoxy) is 1. The van der Waals surface area contributed by atoms with E-state index >= 15 is 0 Å². The zero-order valence-corrected chi connectivity index (χ0v) is 16.5. The van der Waals surface area contributed by atoms with Crippen LogP contribution in [-0.4, -0.2) is 42.7 Å². The second-order valence-corrected chi connectivity index (χ2v) is 8.81. The van der Waals surface area contributed by atoms with Crippen molar-refractivity contribution in [2.75, 3.05) is 19.4 Å². The third-order valence-corrected chi connectivity index (χ3v) is 5.47. The van der Waals surface area contributed by atoms with Crippen molar-refractivity contribution in [3.05, 3.63) is 51.4 Å². The molecule has 0 spiro atoms. The van der Waals surface area contributed by atoms with Gasteiger partial charge in [0, 0.05) is 32.3 Å². The molecule has 0 bridgehead atoms. The van der Waals surface area contributed by atoms with Gasteiger partial charge in [-0.05, 0) is 24.1 Å². The van der Waals surface area contributed by atoms with E-state index in [0.29, 0.717) is 30.8 Å². The largest absolute Gasteiger partial charge is 0.494 e. The first-order valence-electron chi connectivity index (χ1n) is 9.13. The Hall–Kier alpha value is -2.19. The highest BCUT2D eigenvalue weighted by molar-refractivity contribution is 7.90. The fourth-order valence-electron chi connectivity index (χ4n) is 3.05. The van der Waals surface area contributed by atoms with Crippen LogP contribution in [0.25, 0.3) is 0 Å². The van der Waals surface area contributed by atoms with Gasteiger partial charge < -0.3 is 4.74 Å². The SMILES string of the molecule is CCCCOc1ccc(CN2CCc3nc(S(C)(=O)=O)[nH]c(=O)c3C2)cc1. The van der Waals surface area contributed by atoms with E-state index in [4.69, 9.17) is 4.74 Å². The first-order chi connectivity index (χ1) is 12.9. The van der Waals surface area contributed by atoms with Crippen molar-refractivity contribution in [3.63, 3.8) is 0 Å². The van der Waals surface area contributed by atoms with Gasteiger partial charge in [0.15, 0.2) is 0 Å². The second kappa shape index (κ2) is 8.22. The quantitative estimate of drug-likeness (QED) is 0.573. The first-order valence-corrected chi connectivity index (χ1v) is 11.0. The van der Waals surface area contributed by atoms with Crippen molar-refractivity contribution in [2.24, 2.45) is 0 Å². The van der Waals surface area contributed by atoms with E-state index in [1.54, 1.807) is 0 Å². The zero-order chi connectivity index (χ0) is 19.4. The van der Waals surface area contributed by atoms with E-state index in [9.17, 15) is 13.2 Å². The average molecular weight is 391 g/mol.